The minimum Gasteiger partial charge on any atom is -0.394 e. The zero-order chi connectivity index (χ0) is 12.7. The number of thiophene rings is 1. The Bertz CT molecular complexity index is 568. The largest absolute Gasteiger partial charge is 0.394 e. The minimum atomic E-state index is 0.186. The van der Waals surface area contributed by atoms with Gasteiger partial charge in [-0.3, -0.25) is 0 Å². The summed E-state index contributed by atoms with van der Waals surface area (Å²) in [6, 6.07) is 0.186. The first-order chi connectivity index (χ1) is 8.72. The first-order valence-electron chi connectivity index (χ1n) is 6.28. The fourth-order valence-electron chi connectivity index (χ4n) is 2.71. The molecule has 2 unspecified atom stereocenters. The molecule has 1 aliphatic heterocycles. The van der Waals surface area contributed by atoms with E-state index in [4.69, 9.17) is 0 Å². The summed E-state index contributed by atoms with van der Waals surface area (Å²) in [5.41, 5.74) is 2.24. The molecule has 0 amide bonds. The molecule has 1 fully saturated rings. The Labute approximate surface area is 110 Å². The number of hydrogen-bond donors (Lipinski definition) is 1. The van der Waals surface area contributed by atoms with E-state index in [0.29, 0.717) is 5.92 Å². The summed E-state index contributed by atoms with van der Waals surface area (Å²) in [5, 5.41) is 11.7. The van der Waals surface area contributed by atoms with Crippen molar-refractivity contribution in [3.05, 3.63) is 17.3 Å². The number of aliphatic hydroxyl groups excluding tert-OH is 1. The topological polar surface area (TPSA) is 49.2 Å². The molecule has 0 radical (unpaired) electrons. The molecule has 0 spiro atoms. The van der Waals surface area contributed by atoms with Crippen LogP contribution < -0.4 is 4.90 Å². The number of fused-ring (bicyclic) bond motifs is 1. The first kappa shape index (κ1) is 11.9. The summed E-state index contributed by atoms with van der Waals surface area (Å²) in [6.45, 7) is 5.43. The van der Waals surface area contributed by atoms with Crippen LogP contribution in [-0.4, -0.2) is 34.3 Å². The van der Waals surface area contributed by atoms with Gasteiger partial charge in [0.25, 0.3) is 0 Å². The van der Waals surface area contributed by atoms with E-state index < -0.39 is 0 Å². The number of aliphatic hydroxyl groups is 1. The highest BCUT2D eigenvalue weighted by molar-refractivity contribution is 7.18. The molecular formula is C13H17N3OS. The van der Waals surface area contributed by atoms with Gasteiger partial charge in [-0.15, -0.1) is 11.3 Å². The van der Waals surface area contributed by atoms with Crippen molar-refractivity contribution in [2.75, 3.05) is 18.1 Å². The van der Waals surface area contributed by atoms with Gasteiger partial charge in [0.05, 0.1) is 22.9 Å². The van der Waals surface area contributed by atoms with Crippen LogP contribution >= 0.6 is 11.3 Å². The van der Waals surface area contributed by atoms with Crippen LogP contribution in [0.25, 0.3) is 10.2 Å². The number of rotatable bonds is 2. The zero-order valence-electron chi connectivity index (χ0n) is 10.6. The van der Waals surface area contributed by atoms with E-state index >= 15 is 0 Å². The van der Waals surface area contributed by atoms with Gasteiger partial charge in [0, 0.05) is 6.54 Å². The summed E-state index contributed by atoms with van der Waals surface area (Å²) >= 11 is 1.69. The second kappa shape index (κ2) is 4.48. The number of aromatic nitrogens is 2. The fraction of sp³-hybridized carbons (Fsp3) is 0.538. The van der Waals surface area contributed by atoms with Crippen LogP contribution in [0, 0.1) is 12.8 Å². The predicted octanol–water partition coefficient (Wildman–Crippen LogP) is 2.21. The van der Waals surface area contributed by atoms with Gasteiger partial charge in [-0.25, -0.2) is 9.97 Å². The Morgan fingerprint density at radius 2 is 2.33 bits per heavy atom. The Hall–Kier alpha value is -1.20. The molecule has 1 N–H and O–H groups in total. The van der Waals surface area contributed by atoms with Gasteiger partial charge in [0.2, 0.25) is 0 Å². The lowest BCUT2D eigenvalue weighted by molar-refractivity contribution is 0.244. The van der Waals surface area contributed by atoms with Gasteiger partial charge in [-0.2, -0.15) is 0 Å². The number of anilines is 1. The van der Waals surface area contributed by atoms with E-state index in [2.05, 4.69) is 34.1 Å². The van der Waals surface area contributed by atoms with Crippen molar-refractivity contribution >= 4 is 27.4 Å². The van der Waals surface area contributed by atoms with Crippen molar-refractivity contribution in [2.24, 2.45) is 5.92 Å². The summed E-state index contributed by atoms with van der Waals surface area (Å²) in [4.78, 5) is 11.0. The highest BCUT2D eigenvalue weighted by atomic mass is 32.1. The third-order valence-electron chi connectivity index (χ3n) is 3.85. The van der Waals surface area contributed by atoms with E-state index in [1.165, 1.54) is 5.56 Å². The van der Waals surface area contributed by atoms with Gasteiger partial charge < -0.3 is 10.0 Å². The molecule has 3 rings (SSSR count). The Morgan fingerprint density at radius 3 is 3.11 bits per heavy atom. The molecule has 0 aromatic carbocycles. The van der Waals surface area contributed by atoms with Gasteiger partial charge >= 0.3 is 0 Å². The second-order valence-electron chi connectivity index (χ2n) is 5.00. The SMILES string of the molecule is Cc1csc2c(N3CCC(C)C3CO)ncnc12. The Kier molecular flexibility index (Phi) is 2.95. The molecule has 2 aromatic rings. The van der Waals surface area contributed by atoms with Gasteiger partial charge in [0.1, 0.15) is 12.1 Å². The molecule has 1 aliphatic rings. The third kappa shape index (κ3) is 1.69. The number of nitrogens with zero attached hydrogens (tertiary/aromatic N) is 3. The Morgan fingerprint density at radius 1 is 1.50 bits per heavy atom. The summed E-state index contributed by atoms with van der Waals surface area (Å²) in [5.74, 6) is 1.50. The van der Waals surface area contributed by atoms with E-state index in [0.717, 1.165) is 29.0 Å². The third-order valence-corrected chi connectivity index (χ3v) is 4.94. The highest BCUT2D eigenvalue weighted by Crippen LogP contribution is 2.35. The molecule has 18 heavy (non-hydrogen) atoms. The molecular weight excluding hydrogens is 246 g/mol. The first-order valence-corrected chi connectivity index (χ1v) is 7.16. The molecule has 96 valence electrons. The average Bonchev–Trinajstić information content (AvgIpc) is 2.93. The highest BCUT2D eigenvalue weighted by Gasteiger charge is 2.32. The average molecular weight is 263 g/mol. The fourth-order valence-corrected chi connectivity index (χ4v) is 3.72. The van der Waals surface area contributed by atoms with Crippen LogP contribution in [0.3, 0.4) is 0 Å². The molecule has 3 heterocycles. The molecule has 4 nitrogen and oxygen atoms in total. The van der Waals surface area contributed by atoms with E-state index in [1.807, 2.05) is 0 Å². The minimum absolute atomic E-state index is 0.186. The maximum Gasteiger partial charge on any atom is 0.150 e. The molecule has 2 aromatic heterocycles. The van der Waals surface area contributed by atoms with Gasteiger partial charge in [0.15, 0.2) is 0 Å². The second-order valence-corrected chi connectivity index (χ2v) is 5.88. The van der Waals surface area contributed by atoms with Crippen LogP contribution in [0.4, 0.5) is 5.82 Å². The van der Waals surface area contributed by atoms with Crippen LogP contribution in [0.5, 0.6) is 0 Å². The summed E-state index contributed by atoms with van der Waals surface area (Å²) in [7, 11) is 0. The normalized spacial score (nSPS) is 24.1. The lowest BCUT2D eigenvalue weighted by atomic mass is 10.0. The summed E-state index contributed by atoms with van der Waals surface area (Å²) in [6.07, 6.45) is 2.75. The maximum atomic E-state index is 9.56. The van der Waals surface area contributed by atoms with Crippen molar-refractivity contribution in [2.45, 2.75) is 26.3 Å². The van der Waals surface area contributed by atoms with E-state index in [1.54, 1.807) is 17.7 Å². The molecule has 5 heteroatoms. The molecule has 0 saturated carbocycles. The van der Waals surface area contributed by atoms with E-state index in [-0.39, 0.29) is 12.6 Å². The molecule has 1 saturated heterocycles. The predicted molar refractivity (Wildman–Crippen MR) is 74.2 cm³/mol. The number of hydrogen-bond acceptors (Lipinski definition) is 5. The molecule has 0 aliphatic carbocycles. The van der Waals surface area contributed by atoms with Crippen LogP contribution in [-0.2, 0) is 0 Å². The monoisotopic (exact) mass is 263 g/mol. The quantitative estimate of drug-likeness (QED) is 0.902. The van der Waals surface area contributed by atoms with Crippen molar-refractivity contribution < 1.29 is 5.11 Å². The van der Waals surface area contributed by atoms with Crippen molar-refractivity contribution in [1.29, 1.82) is 0 Å². The van der Waals surface area contributed by atoms with Crippen molar-refractivity contribution in [3.63, 3.8) is 0 Å². The van der Waals surface area contributed by atoms with Crippen LogP contribution in [0.15, 0.2) is 11.7 Å². The summed E-state index contributed by atoms with van der Waals surface area (Å²) < 4.78 is 1.14. The van der Waals surface area contributed by atoms with Crippen LogP contribution in [0.1, 0.15) is 18.9 Å². The Balaban J connectivity index is 2.09. The maximum absolute atomic E-state index is 9.56. The van der Waals surface area contributed by atoms with Crippen molar-refractivity contribution in [3.8, 4) is 0 Å². The van der Waals surface area contributed by atoms with Gasteiger partial charge in [-0.05, 0) is 30.2 Å². The molecule has 2 atom stereocenters. The molecule has 0 bridgehead atoms. The smallest absolute Gasteiger partial charge is 0.150 e. The zero-order valence-corrected chi connectivity index (χ0v) is 11.4. The number of aryl methyl sites for hydroxylation is 1. The standard InChI is InChI=1S/C13H17N3OS/c1-8-3-4-16(10(8)5-17)13-12-11(14-7-15-13)9(2)6-18-12/h6-8,10,17H,3-5H2,1-2H3. The van der Waals surface area contributed by atoms with Crippen LogP contribution in [0.2, 0.25) is 0 Å². The lowest BCUT2D eigenvalue weighted by Crippen LogP contribution is -2.35. The van der Waals surface area contributed by atoms with Gasteiger partial charge in [-0.1, -0.05) is 6.92 Å². The lowest BCUT2D eigenvalue weighted by Gasteiger charge is -2.26. The van der Waals surface area contributed by atoms with E-state index in [9.17, 15) is 5.11 Å². The van der Waals surface area contributed by atoms with Crippen molar-refractivity contribution in [1.82, 2.24) is 9.97 Å².